The fourth-order valence-electron chi connectivity index (χ4n) is 4.20. The van der Waals surface area contributed by atoms with Crippen molar-refractivity contribution in [2.45, 2.75) is 38.3 Å². The normalized spacial score (nSPS) is 20.8. The van der Waals surface area contributed by atoms with Gasteiger partial charge in [0.25, 0.3) is 5.91 Å². The SMILES string of the molecule is CC(NC(=O)c1ccc2c(n1)N(C(=O)Nc1ccccn1)[C@H]1CCN2C1)C1CC1. The molecule has 1 unspecified atom stereocenters. The minimum absolute atomic E-state index is 0.0300. The van der Waals surface area contributed by atoms with E-state index in [9.17, 15) is 9.59 Å². The number of rotatable bonds is 4. The van der Waals surface area contributed by atoms with Crippen molar-refractivity contribution in [3.63, 3.8) is 0 Å². The molecule has 8 heteroatoms. The van der Waals surface area contributed by atoms with Crippen molar-refractivity contribution >= 4 is 29.3 Å². The summed E-state index contributed by atoms with van der Waals surface area (Å²) in [6, 6.07) is 8.93. The molecule has 0 radical (unpaired) electrons. The van der Waals surface area contributed by atoms with Crippen molar-refractivity contribution < 1.29 is 9.59 Å². The molecule has 29 heavy (non-hydrogen) atoms. The van der Waals surface area contributed by atoms with Gasteiger partial charge in [-0.1, -0.05) is 6.07 Å². The Morgan fingerprint density at radius 3 is 2.79 bits per heavy atom. The number of anilines is 3. The third kappa shape index (κ3) is 3.39. The molecule has 2 atom stereocenters. The number of pyridine rings is 2. The van der Waals surface area contributed by atoms with E-state index in [2.05, 4.69) is 25.5 Å². The predicted molar refractivity (Wildman–Crippen MR) is 110 cm³/mol. The van der Waals surface area contributed by atoms with Crippen LogP contribution in [-0.4, -0.2) is 47.1 Å². The molecule has 3 amide bonds. The van der Waals surface area contributed by atoms with Crippen LogP contribution in [0.15, 0.2) is 36.5 Å². The molecule has 3 aliphatic rings. The van der Waals surface area contributed by atoms with Gasteiger partial charge in [-0.05, 0) is 56.4 Å². The summed E-state index contributed by atoms with van der Waals surface area (Å²) in [5.41, 5.74) is 1.23. The molecule has 1 aliphatic carbocycles. The highest BCUT2D eigenvalue weighted by molar-refractivity contribution is 6.05. The summed E-state index contributed by atoms with van der Waals surface area (Å²) < 4.78 is 0. The Morgan fingerprint density at radius 1 is 1.17 bits per heavy atom. The number of urea groups is 1. The maximum Gasteiger partial charge on any atom is 0.329 e. The quantitative estimate of drug-likeness (QED) is 0.835. The van der Waals surface area contributed by atoms with E-state index in [-0.39, 0.29) is 24.0 Å². The highest BCUT2D eigenvalue weighted by Crippen LogP contribution is 2.39. The molecule has 1 saturated heterocycles. The van der Waals surface area contributed by atoms with Gasteiger partial charge in [0, 0.05) is 25.3 Å². The van der Waals surface area contributed by atoms with Gasteiger partial charge in [-0.25, -0.2) is 14.8 Å². The number of carbonyl (C=O) groups excluding carboxylic acids is 2. The Morgan fingerprint density at radius 2 is 2.03 bits per heavy atom. The molecular formula is C21H24N6O2. The lowest BCUT2D eigenvalue weighted by Gasteiger charge is -2.35. The second-order valence-corrected chi connectivity index (χ2v) is 8.04. The first-order valence-corrected chi connectivity index (χ1v) is 10.2. The lowest BCUT2D eigenvalue weighted by Crippen LogP contribution is -2.48. The molecule has 4 heterocycles. The van der Waals surface area contributed by atoms with Gasteiger partial charge in [-0.3, -0.25) is 15.0 Å². The zero-order valence-electron chi connectivity index (χ0n) is 16.3. The number of nitrogens with zero attached hydrogens (tertiary/aromatic N) is 4. The van der Waals surface area contributed by atoms with E-state index < -0.39 is 0 Å². The fourth-order valence-corrected chi connectivity index (χ4v) is 4.20. The third-order valence-corrected chi connectivity index (χ3v) is 5.99. The molecule has 5 rings (SSSR count). The van der Waals surface area contributed by atoms with Crippen LogP contribution in [0.1, 0.15) is 36.7 Å². The summed E-state index contributed by atoms with van der Waals surface area (Å²) in [5.74, 6) is 1.41. The maximum atomic E-state index is 13.1. The van der Waals surface area contributed by atoms with Crippen molar-refractivity contribution in [2.24, 2.45) is 5.92 Å². The monoisotopic (exact) mass is 392 g/mol. The number of aromatic nitrogens is 2. The van der Waals surface area contributed by atoms with Crippen LogP contribution in [-0.2, 0) is 0 Å². The van der Waals surface area contributed by atoms with Crippen LogP contribution in [0.3, 0.4) is 0 Å². The molecule has 2 aromatic heterocycles. The second kappa shape index (κ2) is 7.02. The number of fused-ring (bicyclic) bond motifs is 4. The van der Waals surface area contributed by atoms with Gasteiger partial charge in [0.15, 0.2) is 5.82 Å². The smallest absolute Gasteiger partial charge is 0.329 e. The van der Waals surface area contributed by atoms with E-state index >= 15 is 0 Å². The first-order valence-electron chi connectivity index (χ1n) is 10.2. The average Bonchev–Trinajstić information content (AvgIpc) is 3.50. The molecule has 2 bridgehead atoms. The van der Waals surface area contributed by atoms with E-state index in [1.165, 1.54) is 0 Å². The molecule has 8 nitrogen and oxygen atoms in total. The van der Waals surface area contributed by atoms with Crippen molar-refractivity contribution in [1.82, 2.24) is 15.3 Å². The van der Waals surface area contributed by atoms with Gasteiger partial charge in [0.2, 0.25) is 0 Å². The van der Waals surface area contributed by atoms with E-state index in [0.717, 1.165) is 38.0 Å². The van der Waals surface area contributed by atoms with Crippen LogP contribution in [0.4, 0.5) is 22.1 Å². The van der Waals surface area contributed by atoms with Gasteiger partial charge in [0.05, 0.1) is 11.7 Å². The highest BCUT2D eigenvalue weighted by atomic mass is 16.2. The first kappa shape index (κ1) is 17.9. The minimum atomic E-state index is -0.270. The van der Waals surface area contributed by atoms with Crippen LogP contribution in [0.2, 0.25) is 0 Å². The molecule has 2 aliphatic heterocycles. The molecule has 2 fully saturated rings. The maximum absolute atomic E-state index is 13.1. The third-order valence-electron chi connectivity index (χ3n) is 5.99. The Hall–Kier alpha value is -3.16. The molecule has 1 saturated carbocycles. The largest absolute Gasteiger partial charge is 0.366 e. The number of nitrogens with one attached hydrogen (secondary N) is 2. The first-order chi connectivity index (χ1) is 14.1. The van der Waals surface area contributed by atoms with Gasteiger partial charge in [0.1, 0.15) is 11.5 Å². The minimum Gasteiger partial charge on any atom is -0.366 e. The Labute approximate surface area is 169 Å². The Balaban J connectivity index is 1.43. The summed E-state index contributed by atoms with van der Waals surface area (Å²) in [5, 5.41) is 5.90. The van der Waals surface area contributed by atoms with Crippen LogP contribution in [0.5, 0.6) is 0 Å². The second-order valence-electron chi connectivity index (χ2n) is 8.04. The van der Waals surface area contributed by atoms with Gasteiger partial charge in [-0.15, -0.1) is 0 Å². The van der Waals surface area contributed by atoms with Crippen molar-refractivity contribution in [1.29, 1.82) is 0 Å². The Kier molecular flexibility index (Phi) is 4.34. The Bertz CT molecular complexity index is 945. The van der Waals surface area contributed by atoms with E-state index in [1.54, 1.807) is 29.3 Å². The van der Waals surface area contributed by atoms with E-state index in [0.29, 0.717) is 23.2 Å². The highest BCUT2D eigenvalue weighted by Gasteiger charge is 2.40. The van der Waals surface area contributed by atoms with Crippen molar-refractivity contribution in [2.75, 3.05) is 28.2 Å². The van der Waals surface area contributed by atoms with Crippen molar-refractivity contribution in [3.05, 3.63) is 42.2 Å². The molecule has 0 aromatic carbocycles. The lowest BCUT2D eigenvalue weighted by molar-refractivity contribution is 0.0930. The van der Waals surface area contributed by atoms with Crippen LogP contribution in [0, 0.1) is 5.92 Å². The molecule has 2 aromatic rings. The van der Waals surface area contributed by atoms with Crippen LogP contribution < -0.4 is 20.4 Å². The zero-order chi connectivity index (χ0) is 20.0. The number of hydrogen-bond donors (Lipinski definition) is 2. The summed E-state index contributed by atoms with van der Waals surface area (Å²) in [6.07, 6.45) is 4.83. The number of hydrogen-bond acceptors (Lipinski definition) is 5. The molecular weight excluding hydrogens is 368 g/mol. The fraction of sp³-hybridized carbons (Fsp3) is 0.429. The summed E-state index contributed by atoms with van der Waals surface area (Å²) in [4.78, 5) is 38.5. The zero-order valence-corrected chi connectivity index (χ0v) is 16.3. The molecule has 2 N–H and O–H groups in total. The standard InChI is InChI=1S/C21H24N6O2/c1-13(14-5-6-14)23-20(28)16-7-8-17-19(24-16)27(15-9-11-26(17)12-15)21(29)25-18-4-2-3-10-22-18/h2-4,7-8,10,13-15H,5-6,9,11-12H2,1H3,(H,23,28)(H,22,25,29)/t13?,15-/m0/s1. The van der Waals surface area contributed by atoms with E-state index in [1.807, 2.05) is 19.1 Å². The van der Waals surface area contributed by atoms with Gasteiger partial charge < -0.3 is 10.2 Å². The molecule has 0 spiro atoms. The number of carbonyl (C=O) groups is 2. The topological polar surface area (TPSA) is 90.5 Å². The van der Waals surface area contributed by atoms with Crippen molar-refractivity contribution in [3.8, 4) is 0 Å². The molecule has 150 valence electrons. The van der Waals surface area contributed by atoms with E-state index in [4.69, 9.17) is 0 Å². The summed E-state index contributed by atoms with van der Waals surface area (Å²) in [6.45, 7) is 3.68. The van der Waals surface area contributed by atoms with Gasteiger partial charge >= 0.3 is 6.03 Å². The summed E-state index contributed by atoms with van der Waals surface area (Å²) >= 11 is 0. The van der Waals surface area contributed by atoms with Gasteiger partial charge in [-0.2, -0.15) is 0 Å². The predicted octanol–water partition coefficient (Wildman–Crippen LogP) is 2.64. The van der Waals surface area contributed by atoms with Crippen LogP contribution in [0.25, 0.3) is 0 Å². The average molecular weight is 392 g/mol. The summed E-state index contributed by atoms with van der Waals surface area (Å²) in [7, 11) is 0. The number of amides is 3. The van der Waals surface area contributed by atoms with Crippen LogP contribution >= 0.6 is 0 Å². The lowest BCUT2D eigenvalue weighted by atomic mass is 10.1.